The third-order valence-corrected chi connectivity index (χ3v) is 4.14. The number of rotatable bonds is 8. The quantitative estimate of drug-likeness (QED) is 0.169. The van der Waals surface area contributed by atoms with E-state index in [-0.39, 0.29) is 11.5 Å². The molecule has 0 saturated heterocycles. The number of carboxylic acid groups (broad SMARTS) is 1. The largest absolute Gasteiger partial charge is 0.511 e. The smallest absolute Gasteiger partial charge is 0.504 e. The Kier molecular flexibility index (Phi) is 8.58. The first kappa shape index (κ1) is 17.8. The van der Waals surface area contributed by atoms with Crippen molar-refractivity contribution in [1.82, 2.24) is 0 Å². The molecule has 0 spiro atoms. The molecule has 4 nitrogen and oxygen atoms in total. The molecule has 0 saturated carbocycles. The lowest BCUT2D eigenvalue weighted by molar-refractivity contribution is 0.143. The Morgan fingerprint density at radius 2 is 1.90 bits per heavy atom. The van der Waals surface area contributed by atoms with Gasteiger partial charge in [0.15, 0.2) is 11.5 Å². The summed E-state index contributed by atoms with van der Waals surface area (Å²) < 4.78 is 5.22. The molecule has 0 atom stereocenters. The normalized spacial score (nSPS) is 10.8. The van der Waals surface area contributed by atoms with Crippen LogP contribution in [0.3, 0.4) is 0 Å². The van der Waals surface area contributed by atoms with Crippen LogP contribution in [0.15, 0.2) is 18.2 Å². The maximum atomic E-state index is 10.5. The van der Waals surface area contributed by atoms with Crippen molar-refractivity contribution in [3.63, 3.8) is 0 Å². The van der Waals surface area contributed by atoms with Crippen LogP contribution < -0.4 is 4.74 Å². The van der Waals surface area contributed by atoms with Gasteiger partial charge in [0.25, 0.3) is 0 Å². The Morgan fingerprint density at radius 3 is 2.55 bits per heavy atom. The molecule has 0 heterocycles. The van der Waals surface area contributed by atoms with Crippen molar-refractivity contribution < 1.29 is 19.7 Å². The maximum absolute atomic E-state index is 10.5. The Labute approximate surface area is 146 Å². The van der Waals surface area contributed by atoms with Crippen LogP contribution in [0.4, 0.5) is 4.79 Å². The monoisotopic (exact) mass is 504 g/mol. The van der Waals surface area contributed by atoms with Crippen LogP contribution in [-0.2, 0) is 6.42 Å². The van der Waals surface area contributed by atoms with Crippen LogP contribution >= 0.6 is 45.2 Å². The fraction of sp³-hybridized carbons (Fsp3) is 0.500. The number of alkyl halides is 2. The predicted octanol–water partition coefficient (Wildman–Crippen LogP) is 5.14. The number of hydrogen-bond donors (Lipinski definition) is 2. The third-order valence-electron chi connectivity index (χ3n) is 2.90. The SMILES string of the molecule is O=C(O)Oc1cccc(CCCCCCC(I)I)c1O. The standard InChI is InChI=1S/C14H18I2O4/c15-12(16)9-4-2-1-3-6-10-7-5-8-11(13(10)17)20-14(18)19/h5,7-8,12,17H,1-4,6,9H2,(H,18,19). The lowest BCUT2D eigenvalue weighted by Crippen LogP contribution is -2.03. The zero-order valence-electron chi connectivity index (χ0n) is 11.0. The Morgan fingerprint density at radius 1 is 1.20 bits per heavy atom. The molecule has 0 aromatic heterocycles. The van der Waals surface area contributed by atoms with Gasteiger partial charge in [-0.3, -0.25) is 0 Å². The molecule has 0 aliphatic rings. The summed E-state index contributed by atoms with van der Waals surface area (Å²) in [5.41, 5.74) is 0.740. The minimum atomic E-state index is -1.41. The number of carbonyl (C=O) groups is 1. The van der Waals surface area contributed by atoms with E-state index >= 15 is 0 Å². The minimum Gasteiger partial charge on any atom is -0.504 e. The summed E-state index contributed by atoms with van der Waals surface area (Å²) in [7, 11) is 0. The van der Waals surface area contributed by atoms with Crippen molar-refractivity contribution >= 4 is 51.3 Å². The maximum Gasteiger partial charge on any atom is 0.511 e. The molecule has 0 radical (unpaired) electrons. The molecule has 0 aliphatic heterocycles. The van der Waals surface area contributed by atoms with E-state index in [4.69, 9.17) is 5.11 Å². The van der Waals surface area contributed by atoms with Gasteiger partial charge in [-0.05, 0) is 30.9 Å². The molecule has 0 fully saturated rings. The van der Waals surface area contributed by atoms with Crippen LogP contribution in [0.2, 0.25) is 0 Å². The van der Waals surface area contributed by atoms with Crippen LogP contribution in [0.1, 0.15) is 37.7 Å². The Balaban J connectivity index is 2.38. The number of hydrogen-bond acceptors (Lipinski definition) is 3. The van der Waals surface area contributed by atoms with Crippen LogP contribution in [-0.4, -0.2) is 18.3 Å². The first-order chi connectivity index (χ1) is 9.50. The number of halogens is 2. The predicted molar refractivity (Wildman–Crippen MR) is 95.4 cm³/mol. The van der Waals surface area contributed by atoms with E-state index in [1.54, 1.807) is 12.1 Å². The van der Waals surface area contributed by atoms with E-state index in [1.807, 2.05) is 0 Å². The van der Waals surface area contributed by atoms with Crippen LogP contribution in [0.25, 0.3) is 0 Å². The van der Waals surface area contributed by atoms with Crippen molar-refractivity contribution in [2.45, 2.75) is 40.5 Å². The van der Waals surface area contributed by atoms with Gasteiger partial charge in [0.2, 0.25) is 0 Å². The van der Waals surface area contributed by atoms with E-state index in [0.29, 0.717) is 1.93 Å². The first-order valence-electron chi connectivity index (χ1n) is 6.50. The Hall–Kier alpha value is -0.250. The van der Waals surface area contributed by atoms with Gasteiger partial charge in [-0.1, -0.05) is 76.6 Å². The summed E-state index contributed by atoms with van der Waals surface area (Å²) in [5.74, 6) is -0.0536. The topological polar surface area (TPSA) is 66.8 Å². The first-order valence-corrected chi connectivity index (χ1v) is 8.99. The highest BCUT2D eigenvalue weighted by Crippen LogP contribution is 2.31. The molecule has 6 heteroatoms. The van der Waals surface area contributed by atoms with Crippen molar-refractivity contribution in [2.24, 2.45) is 0 Å². The second kappa shape index (κ2) is 9.64. The number of ether oxygens (including phenoxy) is 1. The molecular weight excluding hydrogens is 486 g/mol. The van der Waals surface area contributed by atoms with E-state index in [0.717, 1.165) is 24.8 Å². The van der Waals surface area contributed by atoms with Gasteiger partial charge in [-0.25, -0.2) is 4.79 Å². The lowest BCUT2D eigenvalue weighted by Gasteiger charge is -2.08. The molecule has 2 N–H and O–H groups in total. The second-order valence-corrected chi connectivity index (χ2v) is 9.87. The zero-order valence-corrected chi connectivity index (χ0v) is 15.3. The van der Waals surface area contributed by atoms with Crippen molar-refractivity contribution in [3.05, 3.63) is 23.8 Å². The molecule has 20 heavy (non-hydrogen) atoms. The number of unbranched alkanes of at least 4 members (excludes halogenated alkanes) is 3. The van der Waals surface area contributed by atoms with E-state index in [1.165, 1.54) is 25.3 Å². The molecule has 1 rings (SSSR count). The number of phenolic OH excluding ortho intramolecular Hbond substituents is 1. The summed E-state index contributed by atoms with van der Waals surface area (Å²) in [4.78, 5) is 10.5. The summed E-state index contributed by atoms with van der Waals surface area (Å²) >= 11 is 4.84. The van der Waals surface area contributed by atoms with Gasteiger partial charge in [0, 0.05) is 0 Å². The van der Waals surface area contributed by atoms with Gasteiger partial charge in [-0.15, -0.1) is 0 Å². The number of aryl methyl sites for hydroxylation is 1. The number of phenols is 1. The van der Waals surface area contributed by atoms with Gasteiger partial charge in [-0.2, -0.15) is 0 Å². The fourth-order valence-electron chi connectivity index (χ4n) is 1.91. The molecule has 0 unspecified atom stereocenters. The highest BCUT2D eigenvalue weighted by Gasteiger charge is 2.10. The molecule has 0 bridgehead atoms. The van der Waals surface area contributed by atoms with Gasteiger partial charge < -0.3 is 14.9 Å². The lowest BCUT2D eigenvalue weighted by atomic mass is 10.0. The van der Waals surface area contributed by atoms with Gasteiger partial charge in [0.1, 0.15) is 0 Å². The van der Waals surface area contributed by atoms with Crippen LogP contribution in [0.5, 0.6) is 11.5 Å². The molecular formula is C14H18I2O4. The van der Waals surface area contributed by atoms with Gasteiger partial charge in [0.05, 0.1) is 1.93 Å². The molecule has 112 valence electrons. The van der Waals surface area contributed by atoms with Gasteiger partial charge >= 0.3 is 6.16 Å². The summed E-state index contributed by atoms with van der Waals surface area (Å²) in [6, 6.07) is 4.95. The summed E-state index contributed by atoms with van der Waals surface area (Å²) in [5, 5.41) is 18.5. The second-order valence-electron chi connectivity index (χ2n) is 4.48. The van der Waals surface area contributed by atoms with Crippen molar-refractivity contribution in [2.75, 3.05) is 0 Å². The number of benzene rings is 1. The van der Waals surface area contributed by atoms with Crippen LogP contribution in [0, 0.1) is 0 Å². The molecule has 0 amide bonds. The third kappa shape index (κ3) is 6.96. The van der Waals surface area contributed by atoms with E-state index < -0.39 is 6.16 Å². The highest BCUT2D eigenvalue weighted by atomic mass is 127. The average Bonchev–Trinajstić information content (AvgIpc) is 2.36. The average molecular weight is 504 g/mol. The Bertz CT molecular complexity index is 435. The zero-order chi connectivity index (χ0) is 15.0. The number of aromatic hydroxyl groups is 1. The fourth-order valence-corrected chi connectivity index (χ4v) is 2.79. The minimum absolute atomic E-state index is 0.00710. The molecule has 1 aromatic rings. The van der Waals surface area contributed by atoms with Crippen molar-refractivity contribution in [3.8, 4) is 11.5 Å². The van der Waals surface area contributed by atoms with E-state index in [2.05, 4.69) is 49.9 Å². The highest BCUT2D eigenvalue weighted by molar-refractivity contribution is 14.2. The summed E-state index contributed by atoms with van der Waals surface area (Å²) in [6.45, 7) is 0. The molecule has 0 aliphatic carbocycles. The molecule has 1 aromatic carbocycles. The number of para-hydroxylation sites is 1. The summed E-state index contributed by atoms with van der Waals surface area (Å²) in [6.07, 6.45) is 5.07. The van der Waals surface area contributed by atoms with E-state index in [9.17, 15) is 9.90 Å². The van der Waals surface area contributed by atoms with Crippen molar-refractivity contribution in [1.29, 1.82) is 0 Å².